The van der Waals surface area contributed by atoms with E-state index in [1.165, 1.54) is 49.6 Å². The van der Waals surface area contributed by atoms with Crippen LogP contribution in [0, 0.1) is 6.92 Å². The summed E-state index contributed by atoms with van der Waals surface area (Å²) >= 11 is 16.0. The monoisotopic (exact) mass is 1410 g/mol. The average Bonchev–Trinajstić information content (AvgIpc) is 0.906. The number of Topliss-reactive ketones (excluding diaryl/α,β-unsaturated/α-hetero) is 3. The number of carbonyl (C=O) groups excluding carboxylic acids is 4. The molecule has 2 aliphatic heterocycles. The van der Waals surface area contributed by atoms with E-state index in [0.717, 1.165) is 97.3 Å². The number of para-hydroxylation sites is 1. The Kier molecular flexibility index (Phi) is 31.1. The molecule has 0 bridgehead atoms. The van der Waals surface area contributed by atoms with E-state index in [1.807, 2.05) is 126 Å². The number of ketones is 4. The number of aliphatic carboxylic acids is 2. The van der Waals surface area contributed by atoms with E-state index in [4.69, 9.17) is 43.9 Å². The van der Waals surface area contributed by atoms with E-state index in [2.05, 4.69) is 41.9 Å². The van der Waals surface area contributed by atoms with Gasteiger partial charge in [0.2, 0.25) is 0 Å². The van der Waals surface area contributed by atoms with Crippen LogP contribution in [-0.2, 0) is 44.9 Å². The highest BCUT2D eigenvalue weighted by Crippen LogP contribution is 2.40. The van der Waals surface area contributed by atoms with Crippen molar-refractivity contribution < 1.29 is 43.7 Å². The van der Waals surface area contributed by atoms with Gasteiger partial charge in [-0.1, -0.05) is 154 Å². The molecule has 1 fully saturated rings. The summed E-state index contributed by atoms with van der Waals surface area (Å²) in [5, 5.41) is 22.1. The Morgan fingerprint density at radius 3 is 2.02 bits per heavy atom. The smallest absolute Gasteiger partial charge is 0.310 e. The number of rotatable bonds is 19. The minimum absolute atomic E-state index is 0.0584. The summed E-state index contributed by atoms with van der Waals surface area (Å²) < 4.78 is 6.20. The molecule has 14 nitrogen and oxygen atoms in total. The number of carbonyl (C=O) groups is 6. The molecule has 0 radical (unpaired) electrons. The lowest BCUT2D eigenvalue weighted by atomic mass is 9.97. The number of aryl methyl sites for hydroxylation is 1. The Hall–Kier alpha value is -8.06. The number of hydrogen-bond donors (Lipinski definition) is 3. The molecule has 0 saturated carbocycles. The van der Waals surface area contributed by atoms with Crippen molar-refractivity contribution in [2.75, 3.05) is 25.1 Å². The van der Waals surface area contributed by atoms with Crippen LogP contribution in [0.2, 0.25) is 10.0 Å². The third kappa shape index (κ3) is 24.4. The molecule has 19 heteroatoms. The summed E-state index contributed by atoms with van der Waals surface area (Å²) in [6.07, 6.45) is 16.6. The number of nitrogen functional groups attached to an aromatic ring is 1. The van der Waals surface area contributed by atoms with E-state index in [-0.39, 0.29) is 29.5 Å². The molecule has 2 aromatic heterocycles. The summed E-state index contributed by atoms with van der Waals surface area (Å²) in [7, 11) is 5.66. The number of halogens is 3. The number of carboxylic acid groups (broad SMARTS) is 2. The Morgan fingerprint density at radius 2 is 1.40 bits per heavy atom. The Labute approximate surface area is 576 Å². The fourth-order valence-corrected chi connectivity index (χ4v) is 14.0. The maximum Gasteiger partial charge on any atom is 0.310 e. The van der Waals surface area contributed by atoms with E-state index in [0.29, 0.717) is 50.9 Å². The first kappa shape index (κ1) is 75.0. The SMILES string of the molecule is Brc1c(CC2=NCCC2)ccc2nccnc12.CC(=O)CCCC[C@@H]1CCSS1.CC(=O)Cc1ccccc1Cc1c(Cl)cccc1Cl.CC(=O)c1cccnc1.COc1ccc2cc([C@H](C)C(=O)O)ccc2c1.Cc1ccc(C(=O)c2cccc(CC(=O)O)c2N)cc1. The number of carboxylic acids is 2. The van der Waals surface area contributed by atoms with Crippen LogP contribution in [0.4, 0.5) is 5.69 Å². The molecular weight excluding hydrogens is 1330 g/mol. The number of fused-ring (bicyclic) bond motifs is 2. The Morgan fingerprint density at radius 1 is 0.713 bits per heavy atom. The molecule has 94 heavy (non-hydrogen) atoms. The highest BCUT2D eigenvalue weighted by Gasteiger charge is 2.19. The van der Waals surface area contributed by atoms with Gasteiger partial charge in [0.05, 0.1) is 25.0 Å². The maximum absolute atomic E-state index is 12.4. The van der Waals surface area contributed by atoms with Gasteiger partial charge in [-0.2, -0.15) is 0 Å². The number of nitrogens with two attached hydrogens (primary N) is 1. The second-order valence-corrected chi connectivity index (χ2v) is 26.9. The van der Waals surface area contributed by atoms with Crippen LogP contribution in [0.15, 0.2) is 180 Å². The van der Waals surface area contributed by atoms with Crippen molar-refractivity contribution in [2.45, 2.75) is 116 Å². The van der Waals surface area contributed by atoms with Crippen molar-refractivity contribution in [3.05, 3.63) is 241 Å². The zero-order valence-electron chi connectivity index (χ0n) is 53.6. The molecule has 4 heterocycles. The fourth-order valence-electron chi connectivity index (χ4n) is 9.86. The number of ether oxygens (including phenoxy) is 1. The molecule has 11 rings (SSSR count). The number of benzene rings is 7. The molecule has 9 aromatic rings. The van der Waals surface area contributed by atoms with Crippen LogP contribution in [0.25, 0.3) is 21.8 Å². The first-order valence-electron chi connectivity index (χ1n) is 30.7. The molecule has 1 saturated heterocycles. The lowest BCUT2D eigenvalue weighted by molar-refractivity contribution is -0.138. The minimum Gasteiger partial charge on any atom is -0.497 e. The van der Waals surface area contributed by atoms with Crippen LogP contribution < -0.4 is 10.5 Å². The van der Waals surface area contributed by atoms with Gasteiger partial charge in [0, 0.05) is 111 Å². The van der Waals surface area contributed by atoms with E-state index in [1.54, 1.807) is 95.1 Å². The summed E-state index contributed by atoms with van der Waals surface area (Å²) in [5.41, 5.74) is 17.5. The predicted molar refractivity (Wildman–Crippen MR) is 388 cm³/mol. The van der Waals surface area contributed by atoms with Gasteiger partial charge in [-0.25, -0.2) is 0 Å². The standard InChI is InChI=1S/C16H14Cl2O.C16H15NO3.C14H14O3.C13H12BrN3.C9H16OS2.C7H7NO/c1-11(19)9-12-5-2-3-6-13(12)10-14-15(17)7-4-8-16(14)18;1-10-5-7-11(8-6-10)16(20)13-4-2-3-12(15(13)17)9-14(18)19;1-9(14(15)16)10-3-4-12-8-13(17-2)6-5-11(12)7-10;14-12-9(8-10-2-1-5-15-10)3-4-11-13(12)17-7-6-16-11;1-8(10)4-2-3-5-9-6-7-11-12-9;1-6(9)7-3-2-4-8-5-7/h2-8H,9-10H2,1H3;2-8H,9,17H2,1H3,(H,18,19);3-9H,1-2H3,(H,15,16);3-4,6-7H,1-2,5,8H2;9H,2-7H2,1H3;2-5H,1H3/t;;9-;;9-;/m..0.1./s1. The van der Waals surface area contributed by atoms with E-state index >= 15 is 0 Å². The van der Waals surface area contributed by atoms with Crippen molar-refractivity contribution in [1.29, 1.82) is 0 Å². The number of hydrogen-bond acceptors (Lipinski definition) is 14. The average molecular weight is 1410 g/mol. The van der Waals surface area contributed by atoms with Gasteiger partial charge in [0.1, 0.15) is 22.8 Å². The first-order valence-corrected chi connectivity index (χ1v) is 34.6. The van der Waals surface area contributed by atoms with Crippen molar-refractivity contribution in [3.63, 3.8) is 0 Å². The highest BCUT2D eigenvalue weighted by atomic mass is 79.9. The zero-order chi connectivity index (χ0) is 68.1. The molecule has 4 N–H and O–H groups in total. The van der Waals surface area contributed by atoms with Crippen LogP contribution in [-0.4, -0.2) is 90.6 Å². The van der Waals surface area contributed by atoms with Gasteiger partial charge in [0.15, 0.2) is 11.6 Å². The molecule has 0 spiro atoms. The second kappa shape index (κ2) is 39.0. The lowest BCUT2D eigenvalue weighted by Gasteiger charge is -2.11. The van der Waals surface area contributed by atoms with Crippen molar-refractivity contribution in [2.24, 2.45) is 4.99 Å². The molecule has 7 aromatic carbocycles. The van der Waals surface area contributed by atoms with Crippen LogP contribution in [0.5, 0.6) is 5.75 Å². The molecule has 0 aliphatic carbocycles. The van der Waals surface area contributed by atoms with E-state index in [9.17, 15) is 28.8 Å². The van der Waals surface area contributed by atoms with Gasteiger partial charge >= 0.3 is 11.9 Å². The number of nitrogens with zero attached hydrogens (tertiary/aromatic N) is 4. The van der Waals surface area contributed by atoms with Gasteiger partial charge in [-0.3, -0.25) is 43.9 Å². The first-order chi connectivity index (χ1) is 45.1. The quantitative estimate of drug-likeness (QED) is 0.0296. The molecular formula is C75H78BrCl2N5O9S2. The molecule has 0 unspecified atom stereocenters. The summed E-state index contributed by atoms with van der Waals surface area (Å²) in [4.78, 5) is 83.6. The largest absolute Gasteiger partial charge is 0.497 e. The third-order valence-electron chi connectivity index (χ3n) is 15.1. The highest BCUT2D eigenvalue weighted by molar-refractivity contribution is 9.10. The molecule has 490 valence electrons. The van der Waals surface area contributed by atoms with Gasteiger partial charge in [-0.15, -0.1) is 0 Å². The number of anilines is 1. The topological polar surface area (TPSA) is 229 Å². The Bertz CT molecular complexity index is 4060. The van der Waals surface area contributed by atoms with Crippen molar-refractivity contribution in [3.8, 4) is 5.75 Å². The number of aliphatic imine (C=N–C) groups is 1. The second-order valence-electron chi connectivity index (χ2n) is 22.5. The minimum atomic E-state index is -0.975. The molecule has 0 amide bonds. The summed E-state index contributed by atoms with van der Waals surface area (Å²) in [6.45, 7) is 9.42. The van der Waals surface area contributed by atoms with Crippen LogP contribution in [0.1, 0.15) is 144 Å². The Balaban J connectivity index is 0.000000181. The summed E-state index contributed by atoms with van der Waals surface area (Å²) in [5.74, 6) is 0.203. The van der Waals surface area contributed by atoms with Crippen LogP contribution in [0.3, 0.4) is 0 Å². The maximum atomic E-state index is 12.4. The lowest BCUT2D eigenvalue weighted by Crippen LogP contribution is -2.10. The predicted octanol–water partition coefficient (Wildman–Crippen LogP) is 17.9. The number of unbranched alkanes of at least 4 members (excludes halogenated alkanes) is 1. The number of aromatic nitrogens is 3. The van der Waals surface area contributed by atoms with Crippen LogP contribution >= 0.6 is 60.7 Å². The van der Waals surface area contributed by atoms with Crippen molar-refractivity contribution in [1.82, 2.24) is 15.0 Å². The fraction of sp³-hybridized carbons (Fsp3) is 0.280. The normalized spacial score (nSPS) is 13.1. The van der Waals surface area contributed by atoms with Gasteiger partial charge < -0.3 is 25.5 Å². The van der Waals surface area contributed by atoms with Crippen molar-refractivity contribution >= 4 is 129 Å². The third-order valence-corrected chi connectivity index (χ3v) is 19.7. The zero-order valence-corrected chi connectivity index (χ0v) is 58.3. The number of pyridine rings is 1. The van der Waals surface area contributed by atoms with Gasteiger partial charge in [0.25, 0.3) is 0 Å². The number of methoxy groups -OCH3 is 1. The van der Waals surface area contributed by atoms with Gasteiger partial charge in [-0.05, 0) is 175 Å². The molecule has 2 atom stereocenters. The summed E-state index contributed by atoms with van der Waals surface area (Å²) in [6, 6.07) is 44.5. The molecule has 2 aliphatic rings. The van der Waals surface area contributed by atoms with E-state index < -0.39 is 17.9 Å².